The van der Waals surface area contributed by atoms with Crippen LogP contribution in [0, 0.1) is 5.82 Å². The molecule has 0 aliphatic heterocycles. The summed E-state index contributed by atoms with van der Waals surface area (Å²) >= 11 is 5.83. The number of hydrogen-bond acceptors (Lipinski definition) is 2. The second kappa shape index (κ2) is 5.71. The standard InChI is InChI=1S/C14H9ClFNO3/c15-11-6-5-8(16)7-12(11)17-13(18)9-3-1-2-4-10(9)14(19)20/h1-7H,(H,17,18)(H,19,20). The van der Waals surface area contributed by atoms with E-state index in [1.165, 1.54) is 30.3 Å². The Morgan fingerprint density at radius 3 is 2.40 bits per heavy atom. The lowest BCUT2D eigenvalue weighted by Gasteiger charge is -2.09. The Morgan fingerprint density at radius 1 is 1.10 bits per heavy atom. The van der Waals surface area contributed by atoms with Crippen molar-refractivity contribution in [1.82, 2.24) is 0 Å². The molecule has 0 spiro atoms. The maximum absolute atomic E-state index is 13.1. The number of benzene rings is 2. The molecule has 4 nitrogen and oxygen atoms in total. The van der Waals surface area contributed by atoms with Gasteiger partial charge in [-0.3, -0.25) is 4.79 Å². The van der Waals surface area contributed by atoms with E-state index in [9.17, 15) is 14.0 Å². The van der Waals surface area contributed by atoms with E-state index < -0.39 is 17.7 Å². The minimum atomic E-state index is -1.22. The van der Waals surface area contributed by atoms with Gasteiger partial charge < -0.3 is 10.4 Å². The van der Waals surface area contributed by atoms with Crippen LogP contribution < -0.4 is 5.32 Å². The Labute approximate surface area is 118 Å². The van der Waals surface area contributed by atoms with Crippen molar-refractivity contribution in [2.24, 2.45) is 0 Å². The summed E-state index contributed by atoms with van der Waals surface area (Å²) in [5, 5.41) is 11.6. The van der Waals surface area contributed by atoms with E-state index in [1.807, 2.05) is 0 Å². The van der Waals surface area contributed by atoms with E-state index in [1.54, 1.807) is 0 Å². The summed E-state index contributed by atoms with van der Waals surface area (Å²) < 4.78 is 13.1. The van der Waals surface area contributed by atoms with Crippen LogP contribution in [0.1, 0.15) is 20.7 Å². The number of carbonyl (C=O) groups excluding carboxylic acids is 1. The maximum Gasteiger partial charge on any atom is 0.336 e. The molecule has 0 aliphatic carbocycles. The number of amides is 1. The van der Waals surface area contributed by atoms with E-state index in [0.29, 0.717) is 0 Å². The van der Waals surface area contributed by atoms with Gasteiger partial charge >= 0.3 is 5.97 Å². The molecule has 2 aromatic rings. The van der Waals surface area contributed by atoms with Gasteiger partial charge in [0.2, 0.25) is 0 Å². The number of halogens is 2. The third-order valence-electron chi connectivity index (χ3n) is 2.58. The van der Waals surface area contributed by atoms with Crippen LogP contribution in [-0.2, 0) is 0 Å². The van der Waals surface area contributed by atoms with Gasteiger partial charge in [-0.05, 0) is 30.3 Å². The second-order valence-electron chi connectivity index (χ2n) is 3.93. The summed E-state index contributed by atoms with van der Waals surface area (Å²) in [6, 6.07) is 9.24. The van der Waals surface area contributed by atoms with Crippen LogP contribution in [0.25, 0.3) is 0 Å². The molecule has 0 aromatic heterocycles. The maximum atomic E-state index is 13.1. The first-order valence-electron chi connectivity index (χ1n) is 5.58. The number of nitrogens with one attached hydrogen (secondary N) is 1. The lowest BCUT2D eigenvalue weighted by molar-refractivity contribution is 0.0692. The predicted molar refractivity (Wildman–Crippen MR) is 72.8 cm³/mol. The normalized spacial score (nSPS) is 10.1. The van der Waals surface area contributed by atoms with Crippen LogP contribution in [0.4, 0.5) is 10.1 Å². The van der Waals surface area contributed by atoms with Gasteiger partial charge in [0.25, 0.3) is 5.91 Å². The first kappa shape index (κ1) is 14.0. The van der Waals surface area contributed by atoms with Crippen LogP contribution in [-0.4, -0.2) is 17.0 Å². The fourth-order valence-electron chi connectivity index (χ4n) is 1.65. The lowest BCUT2D eigenvalue weighted by atomic mass is 10.1. The van der Waals surface area contributed by atoms with E-state index in [2.05, 4.69) is 5.32 Å². The summed E-state index contributed by atoms with van der Waals surface area (Å²) in [5.74, 6) is -2.45. The molecule has 0 saturated heterocycles. The minimum absolute atomic E-state index is 0.0275. The van der Waals surface area contributed by atoms with Gasteiger partial charge in [-0.2, -0.15) is 0 Å². The zero-order chi connectivity index (χ0) is 14.7. The Bertz CT molecular complexity index is 688. The van der Waals surface area contributed by atoms with Crippen LogP contribution in [0.3, 0.4) is 0 Å². The number of aromatic carboxylic acids is 1. The smallest absolute Gasteiger partial charge is 0.336 e. The van der Waals surface area contributed by atoms with E-state index >= 15 is 0 Å². The van der Waals surface area contributed by atoms with Gasteiger partial charge in [0, 0.05) is 0 Å². The summed E-state index contributed by atoms with van der Waals surface area (Å²) in [4.78, 5) is 23.1. The van der Waals surface area contributed by atoms with Crippen molar-refractivity contribution in [3.05, 3.63) is 64.4 Å². The molecule has 0 bridgehead atoms. The molecule has 2 aromatic carbocycles. The lowest BCUT2D eigenvalue weighted by Crippen LogP contribution is -2.16. The minimum Gasteiger partial charge on any atom is -0.478 e. The number of carbonyl (C=O) groups is 2. The van der Waals surface area contributed by atoms with Crippen LogP contribution >= 0.6 is 11.6 Å². The Kier molecular flexibility index (Phi) is 4.00. The molecular formula is C14H9ClFNO3. The average Bonchev–Trinajstić information content (AvgIpc) is 2.42. The molecule has 0 radical (unpaired) electrons. The van der Waals surface area contributed by atoms with E-state index in [0.717, 1.165) is 12.1 Å². The van der Waals surface area contributed by atoms with Crippen molar-refractivity contribution in [3.63, 3.8) is 0 Å². The van der Waals surface area contributed by atoms with Crippen molar-refractivity contribution < 1.29 is 19.1 Å². The van der Waals surface area contributed by atoms with E-state index in [4.69, 9.17) is 16.7 Å². The van der Waals surface area contributed by atoms with Crippen molar-refractivity contribution in [2.75, 3.05) is 5.32 Å². The number of carboxylic acid groups (broad SMARTS) is 1. The molecule has 20 heavy (non-hydrogen) atoms. The molecule has 6 heteroatoms. The highest BCUT2D eigenvalue weighted by Crippen LogP contribution is 2.23. The Morgan fingerprint density at radius 2 is 1.75 bits per heavy atom. The molecule has 2 N–H and O–H groups in total. The van der Waals surface area contributed by atoms with Gasteiger partial charge in [0.15, 0.2) is 0 Å². The highest BCUT2D eigenvalue weighted by Gasteiger charge is 2.16. The van der Waals surface area contributed by atoms with Gasteiger partial charge in [0.05, 0.1) is 21.8 Å². The first-order valence-corrected chi connectivity index (χ1v) is 5.95. The fourth-order valence-corrected chi connectivity index (χ4v) is 1.82. The summed E-state index contributed by atoms with van der Waals surface area (Å²) in [6.07, 6.45) is 0. The monoisotopic (exact) mass is 293 g/mol. The summed E-state index contributed by atoms with van der Waals surface area (Å²) in [7, 11) is 0. The summed E-state index contributed by atoms with van der Waals surface area (Å²) in [6.45, 7) is 0. The van der Waals surface area contributed by atoms with Gasteiger partial charge in [-0.25, -0.2) is 9.18 Å². The molecule has 0 atom stereocenters. The predicted octanol–water partition coefficient (Wildman–Crippen LogP) is 3.43. The molecule has 0 saturated carbocycles. The molecule has 0 aliphatic rings. The summed E-state index contributed by atoms with van der Waals surface area (Å²) in [5.41, 5.74) is -0.0882. The van der Waals surface area contributed by atoms with Gasteiger partial charge in [-0.1, -0.05) is 23.7 Å². The third-order valence-corrected chi connectivity index (χ3v) is 2.91. The van der Waals surface area contributed by atoms with Gasteiger partial charge in [0.1, 0.15) is 5.82 Å². The van der Waals surface area contributed by atoms with Crippen molar-refractivity contribution in [2.45, 2.75) is 0 Å². The topological polar surface area (TPSA) is 66.4 Å². The molecule has 1 amide bonds. The highest BCUT2D eigenvalue weighted by atomic mass is 35.5. The number of carboxylic acids is 1. The molecule has 0 heterocycles. The first-order chi connectivity index (χ1) is 9.49. The van der Waals surface area contributed by atoms with Crippen LogP contribution in [0.15, 0.2) is 42.5 Å². The fraction of sp³-hybridized carbons (Fsp3) is 0. The molecule has 0 fully saturated rings. The SMILES string of the molecule is O=C(O)c1ccccc1C(=O)Nc1cc(F)ccc1Cl. The molecular weight excluding hydrogens is 285 g/mol. The largest absolute Gasteiger partial charge is 0.478 e. The number of rotatable bonds is 3. The zero-order valence-corrected chi connectivity index (χ0v) is 10.8. The molecule has 0 unspecified atom stereocenters. The Hall–Kier alpha value is -2.40. The second-order valence-corrected chi connectivity index (χ2v) is 4.34. The van der Waals surface area contributed by atoms with Crippen molar-refractivity contribution in [3.8, 4) is 0 Å². The number of anilines is 1. The quantitative estimate of drug-likeness (QED) is 0.911. The van der Waals surface area contributed by atoms with E-state index in [-0.39, 0.29) is 21.8 Å². The Balaban J connectivity index is 2.33. The van der Waals surface area contributed by atoms with Crippen LogP contribution in [0.2, 0.25) is 5.02 Å². The highest BCUT2D eigenvalue weighted by molar-refractivity contribution is 6.34. The van der Waals surface area contributed by atoms with Crippen LogP contribution in [0.5, 0.6) is 0 Å². The third kappa shape index (κ3) is 2.95. The average molecular weight is 294 g/mol. The molecule has 2 rings (SSSR count). The van der Waals surface area contributed by atoms with Gasteiger partial charge in [-0.15, -0.1) is 0 Å². The zero-order valence-electron chi connectivity index (χ0n) is 10.1. The number of hydrogen-bond donors (Lipinski definition) is 2. The van der Waals surface area contributed by atoms with Crippen molar-refractivity contribution >= 4 is 29.2 Å². The van der Waals surface area contributed by atoms with Crippen molar-refractivity contribution in [1.29, 1.82) is 0 Å². The molecule has 102 valence electrons.